The van der Waals surface area contributed by atoms with Crippen LogP contribution in [0.15, 0.2) is 18.2 Å². The number of benzene rings is 1. The quantitative estimate of drug-likeness (QED) is 0.781. The number of nitrogens with one attached hydrogen (secondary N) is 1. The minimum Gasteiger partial charge on any atom is -0.444 e. The largest absolute Gasteiger partial charge is 0.444 e. The Morgan fingerprint density at radius 3 is 2.85 bits per heavy atom. The van der Waals surface area contributed by atoms with Crippen LogP contribution in [0.25, 0.3) is 4.85 Å². The van der Waals surface area contributed by atoms with E-state index in [1.54, 1.807) is 0 Å². The molecule has 1 aromatic rings. The van der Waals surface area contributed by atoms with Crippen LogP contribution in [-0.4, -0.2) is 11.7 Å². The molecule has 2 rings (SSSR count). The van der Waals surface area contributed by atoms with Gasteiger partial charge in [-0.15, -0.1) is 0 Å². The second-order valence-electron chi connectivity index (χ2n) is 6.05. The molecule has 0 bridgehead atoms. The molecule has 0 saturated heterocycles. The van der Waals surface area contributed by atoms with E-state index in [-0.39, 0.29) is 6.04 Å². The average Bonchev–Trinajstić information content (AvgIpc) is 2.36. The Morgan fingerprint density at radius 1 is 1.45 bits per heavy atom. The third kappa shape index (κ3) is 3.30. The van der Waals surface area contributed by atoms with Gasteiger partial charge in [0.2, 0.25) is 0 Å². The summed E-state index contributed by atoms with van der Waals surface area (Å²) in [6.07, 6.45) is 2.36. The molecular formula is C16H20N2O2. The molecular weight excluding hydrogens is 252 g/mol. The van der Waals surface area contributed by atoms with E-state index in [1.807, 2.05) is 39.0 Å². The van der Waals surface area contributed by atoms with Crippen LogP contribution in [0.4, 0.5) is 10.5 Å². The van der Waals surface area contributed by atoms with Gasteiger partial charge in [-0.05, 0) is 51.2 Å². The number of alkyl carbamates (subject to hydrolysis) is 1. The fourth-order valence-electron chi connectivity index (χ4n) is 2.53. The van der Waals surface area contributed by atoms with E-state index in [9.17, 15) is 4.79 Å². The number of amides is 1. The average molecular weight is 272 g/mol. The molecule has 0 radical (unpaired) electrons. The predicted octanol–water partition coefficient (Wildman–Crippen LogP) is 4.14. The molecule has 0 saturated carbocycles. The van der Waals surface area contributed by atoms with E-state index in [1.165, 1.54) is 0 Å². The second kappa shape index (κ2) is 5.54. The molecule has 0 unspecified atom stereocenters. The van der Waals surface area contributed by atoms with Gasteiger partial charge >= 0.3 is 6.09 Å². The van der Waals surface area contributed by atoms with Crippen LogP contribution in [0.1, 0.15) is 50.8 Å². The van der Waals surface area contributed by atoms with Gasteiger partial charge in [0, 0.05) is 0 Å². The van der Waals surface area contributed by atoms with E-state index in [2.05, 4.69) is 10.2 Å². The van der Waals surface area contributed by atoms with E-state index in [0.717, 1.165) is 30.4 Å². The zero-order chi connectivity index (χ0) is 14.8. The van der Waals surface area contributed by atoms with Gasteiger partial charge in [-0.1, -0.05) is 18.2 Å². The molecule has 1 aliphatic rings. The van der Waals surface area contributed by atoms with Gasteiger partial charge in [0.15, 0.2) is 5.69 Å². The third-order valence-electron chi connectivity index (χ3n) is 3.29. The van der Waals surface area contributed by atoms with E-state index in [0.29, 0.717) is 5.69 Å². The lowest BCUT2D eigenvalue weighted by Gasteiger charge is -2.28. The molecule has 0 fully saturated rings. The topological polar surface area (TPSA) is 42.7 Å². The van der Waals surface area contributed by atoms with Crippen LogP contribution in [0.5, 0.6) is 0 Å². The van der Waals surface area contributed by atoms with Gasteiger partial charge in [-0.3, -0.25) is 0 Å². The van der Waals surface area contributed by atoms with Crippen LogP contribution in [0.3, 0.4) is 0 Å². The van der Waals surface area contributed by atoms with Gasteiger partial charge in [-0.2, -0.15) is 0 Å². The first-order chi connectivity index (χ1) is 9.40. The van der Waals surface area contributed by atoms with E-state index >= 15 is 0 Å². The number of fused-ring (bicyclic) bond motifs is 1. The molecule has 4 nitrogen and oxygen atoms in total. The molecule has 1 amide bonds. The number of carbonyl (C=O) groups excluding carboxylic acids is 1. The molecule has 1 atom stereocenters. The summed E-state index contributed by atoms with van der Waals surface area (Å²) in [5, 5.41) is 2.92. The lowest BCUT2D eigenvalue weighted by molar-refractivity contribution is 0.0499. The van der Waals surface area contributed by atoms with Crippen LogP contribution >= 0.6 is 0 Å². The Morgan fingerprint density at radius 2 is 2.20 bits per heavy atom. The fourth-order valence-corrected chi connectivity index (χ4v) is 2.53. The molecule has 0 aromatic heterocycles. The summed E-state index contributed by atoms with van der Waals surface area (Å²) in [6, 6.07) is 5.64. The maximum atomic E-state index is 11.9. The lowest BCUT2D eigenvalue weighted by atomic mass is 9.87. The standard InChI is InChI=1S/C16H20N2O2/c1-16(2,3)20-15(19)18-14-10-6-7-11-12(14)8-5-9-13(11)17-4/h5,8-9,14H,6-7,10H2,1-3H3,(H,18,19)/t14-/m1/s1. The maximum absolute atomic E-state index is 11.9. The summed E-state index contributed by atoms with van der Waals surface area (Å²) in [6.45, 7) is 12.8. The monoisotopic (exact) mass is 272 g/mol. The number of nitrogens with zero attached hydrogens (tertiary/aromatic N) is 1. The molecule has 0 spiro atoms. The van der Waals surface area contributed by atoms with Crippen LogP contribution < -0.4 is 5.32 Å². The molecule has 0 aliphatic heterocycles. The first-order valence-electron chi connectivity index (χ1n) is 6.89. The fraction of sp³-hybridized carbons (Fsp3) is 0.500. The molecule has 4 heteroatoms. The summed E-state index contributed by atoms with van der Waals surface area (Å²) in [7, 11) is 0. The minimum absolute atomic E-state index is 0.0599. The van der Waals surface area contributed by atoms with Crippen molar-refractivity contribution in [3.05, 3.63) is 40.7 Å². The Balaban J connectivity index is 2.18. The second-order valence-corrected chi connectivity index (χ2v) is 6.05. The van der Waals surface area contributed by atoms with Crippen molar-refractivity contribution in [2.24, 2.45) is 0 Å². The molecule has 1 aliphatic carbocycles. The van der Waals surface area contributed by atoms with Crippen LogP contribution in [0, 0.1) is 6.57 Å². The lowest BCUT2D eigenvalue weighted by Crippen LogP contribution is -2.36. The van der Waals surface area contributed by atoms with Crippen molar-refractivity contribution < 1.29 is 9.53 Å². The molecule has 20 heavy (non-hydrogen) atoms. The van der Waals surface area contributed by atoms with Gasteiger partial charge in [0.05, 0.1) is 12.6 Å². The Bertz CT molecular complexity index is 553. The highest BCUT2D eigenvalue weighted by Gasteiger charge is 2.25. The van der Waals surface area contributed by atoms with Crippen molar-refractivity contribution in [3.63, 3.8) is 0 Å². The first-order valence-corrected chi connectivity index (χ1v) is 6.89. The summed E-state index contributed by atoms with van der Waals surface area (Å²) in [5.74, 6) is 0. The highest BCUT2D eigenvalue weighted by Crippen LogP contribution is 2.35. The Hall–Kier alpha value is -2.02. The van der Waals surface area contributed by atoms with Crippen LogP contribution in [0.2, 0.25) is 0 Å². The molecule has 0 heterocycles. The predicted molar refractivity (Wildman–Crippen MR) is 77.8 cm³/mol. The zero-order valence-corrected chi connectivity index (χ0v) is 12.2. The highest BCUT2D eigenvalue weighted by atomic mass is 16.6. The normalized spacial score (nSPS) is 17.8. The SMILES string of the molecule is [C-]#[N+]c1cccc2c1CCC[C@H]2NC(=O)OC(C)(C)C. The number of carbonyl (C=O) groups is 1. The number of rotatable bonds is 1. The number of ether oxygens (including phenoxy) is 1. The van der Waals surface area contributed by atoms with Gasteiger partial charge in [0.25, 0.3) is 0 Å². The molecule has 1 N–H and O–H groups in total. The third-order valence-corrected chi connectivity index (χ3v) is 3.29. The minimum atomic E-state index is -0.500. The van der Waals surface area contributed by atoms with E-state index < -0.39 is 11.7 Å². The van der Waals surface area contributed by atoms with Crippen molar-refractivity contribution in [1.29, 1.82) is 0 Å². The molecule has 106 valence electrons. The Kier molecular flexibility index (Phi) is 3.99. The van der Waals surface area contributed by atoms with Gasteiger partial charge < -0.3 is 10.1 Å². The Labute approximate surface area is 120 Å². The maximum Gasteiger partial charge on any atom is 0.408 e. The van der Waals surface area contributed by atoms with Crippen LogP contribution in [-0.2, 0) is 11.2 Å². The smallest absolute Gasteiger partial charge is 0.408 e. The van der Waals surface area contributed by atoms with Gasteiger partial charge in [-0.25, -0.2) is 9.64 Å². The highest BCUT2D eigenvalue weighted by molar-refractivity contribution is 5.69. The molecule has 1 aromatic carbocycles. The van der Waals surface area contributed by atoms with E-state index in [4.69, 9.17) is 11.3 Å². The summed E-state index contributed by atoms with van der Waals surface area (Å²) < 4.78 is 5.30. The number of hydrogen-bond acceptors (Lipinski definition) is 2. The van der Waals surface area contributed by atoms with Crippen molar-refractivity contribution in [3.8, 4) is 0 Å². The number of hydrogen-bond donors (Lipinski definition) is 1. The van der Waals surface area contributed by atoms with Crippen molar-refractivity contribution >= 4 is 11.8 Å². The first kappa shape index (κ1) is 14.4. The summed E-state index contributed by atoms with van der Waals surface area (Å²) in [5.41, 5.74) is 2.31. The van der Waals surface area contributed by atoms with Crippen molar-refractivity contribution in [2.45, 2.75) is 51.7 Å². The van der Waals surface area contributed by atoms with Crippen molar-refractivity contribution in [2.75, 3.05) is 0 Å². The van der Waals surface area contributed by atoms with Gasteiger partial charge in [0.1, 0.15) is 5.60 Å². The van der Waals surface area contributed by atoms with Crippen molar-refractivity contribution in [1.82, 2.24) is 5.32 Å². The summed E-state index contributed by atoms with van der Waals surface area (Å²) >= 11 is 0. The zero-order valence-electron chi connectivity index (χ0n) is 12.2. The summed E-state index contributed by atoms with van der Waals surface area (Å²) in [4.78, 5) is 15.5.